The van der Waals surface area contributed by atoms with Gasteiger partial charge in [-0.25, -0.2) is 0 Å². The number of amides is 1. The van der Waals surface area contributed by atoms with Gasteiger partial charge in [0.25, 0.3) is 5.91 Å². The van der Waals surface area contributed by atoms with Gasteiger partial charge in [0.2, 0.25) is 5.75 Å². The zero-order valence-corrected chi connectivity index (χ0v) is 17.7. The molecule has 0 N–H and O–H groups in total. The lowest BCUT2D eigenvalue weighted by Gasteiger charge is -2.23. The van der Waals surface area contributed by atoms with Gasteiger partial charge in [0.15, 0.2) is 11.5 Å². The van der Waals surface area contributed by atoms with Gasteiger partial charge in [0.1, 0.15) is 0 Å². The minimum atomic E-state index is -0.0754. The van der Waals surface area contributed by atoms with Gasteiger partial charge in [0.05, 0.1) is 27.9 Å². The molecular weight excluding hydrogens is 386 g/mol. The topological polar surface area (TPSA) is 48.0 Å². The Bertz CT molecular complexity index is 900. The monoisotopic (exact) mass is 411 g/mol. The second kappa shape index (κ2) is 9.98. The van der Waals surface area contributed by atoms with Gasteiger partial charge in [-0.2, -0.15) is 0 Å². The van der Waals surface area contributed by atoms with Crippen molar-refractivity contribution in [2.45, 2.75) is 13.0 Å². The highest BCUT2D eigenvalue weighted by Crippen LogP contribution is 2.38. The van der Waals surface area contributed by atoms with Crippen molar-refractivity contribution in [2.24, 2.45) is 0 Å². The highest BCUT2D eigenvalue weighted by atomic mass is 32.1. The SMILES string of the molecule is COc1cc(C(=O)N(CCc2ccccc2)Cc2cccs2)cc(OC)c1OC. The molecule has 0 aliphatic rings. The van der Waals surface area contributed by atoms with Gasteiger partial charge in [0, 0.05) is 17.0 Å². The third-order valence-electron chi connectivity index (χ3n) is 4.64. The van der Waals surface area contributed by atoms with E-state index in [0.717, 1.165) is 11.3 Å². The van der Waals surface area contributed by atoms with Crippen molar-refractivity contribution in [2.75, 3.05) is 27.9 Å². The van der Waals surface area contributed by atoms with E-state index in [4.69, 9.17) is 14.2 Å². The number of hydrogen-bond acceptors (Lipinski definition) is 5. The summed E-state index contributed by atoms with van der Waals surface area (Å²) >= 11 is 1.64. The Kier molecular flexibility index (Phi) is 7.14. The molecule has 0 fully saturated rings. The molecule has 152 valence electrons. The molecule has 0 radical (unpaired) electrons. The van der Waals surface area contributed by atoms with Gasteiger partial charge in [-0.15, -0.1) is 11.3 Å². The molecule has 5 nitrogen and oxygen atoms in total. The van der Waals surface area contributed by atoms with Crippen LogP contribution in [0.2, 0.25) is 0 Å². The zero-order valence-electron chi connectivity index (χ0n) is 16.9. The third kappa shape index (κ3) is 5.09. The molecule has 1 heterocycles. The maximum Gasteiger partial charge on any atom is 0.254 e. The first-order chi connectivity index (χ1) is 14.2. The van der Waals surface area contributed by atoms with Crippen molar-refractivity contribution in [3.05, 3.63) is 76.0 Å². The number of nitrogens with zero attached hydrogens (tertiary/aromatic N) is 1. The van der Waals surface area contributed by atoms with E-state index >= 15 is 0 Å². The second-order valence-electron chi connectivity index (χ2n) is 6.46. The Morgan fingerprint density at radius 3 is 2.17 bits per heavy atom. The average molecular weight is 412 g/mol. The van der Waals surface area contributed by atoms with E-state index in [1.807, 2.05) is 40.6 Å². The standard InChI is InChI=1S/C23H25NO4S/c1-26-20-14-18(15-21(27-2)22(20)28-3)23(25)24(16-19-10-7-13-29-19)12-11-17-8-5-4-6-9-17/h4-10,13-15H,11-12,16H2,1-3H3. The van der Waals surface area contributed by atoms with Crippen molar-refractivity contribution < 1.29 is 19.0 Å². The van der Waals surface area contributed by atoms with Crippen LogP contribution < -0.4 is 14.2 Å². The van der Waals surface area contributed by atoms with Crippen LogP contribution in [0.4, 0.5) is 0 Å². The number of rotatable bonds is 9. The summed E-state index contributed by atoms with van der Waals surface area (Å²) in [4.78, 5) is 16.4. The summed E-state index contributed by atoms with van der Waals surface area (Å²) < 4.78 is 16.2. The normalized spacial score (nSPS) is 10.4. The van der Waals surface area contributed by atoms with E-state index in [1.165, 1.54) is 5.56 Å². The van der Waals surface area contributed by atoms with E-state index < -0.39 is 0 Å². The van der Waals surface area contributed by atoms with E-state index in [9.17, 15) is 4.79 Å². The number of carbonyl (C=O) groups is 1. The summed E-state index contributed by atoms with van der Waals surface area (Å²) in [7, 11) is 4.64. The highest BCUT2D eigenvalue weighted by Gasteiger charge is 2.21. The van der Waals surface area contributed by atoms with Crippen LogP contribution in [-0.2, 0) is 13.0 Å². The van der Waals surface area contributed by atoms with E-state index in [0.29, 0.717) is 35.9 Å². The second-order valence-corrected chi connectivity index (χ2v) is 7.49. The maximum absolute atomic E-state index is 13.4. The van der Waals surface area contributed by atoms with Gasteiger partial charge >= 0.3 is 0 Å². The van der Waals surface area contributed by atoms with Crippen molar-refractivity contribution in [3.8, 4) is 17.2 Å². The molecule has 1 aromatic heterocycles. The highest BCUT2D eigenvalue weighted by molar-refractivity contribution is 7.09. The molecule has 3 rings (SSSR count). The lowest BCUT2D eigenvalue weighted by Crippen LogP contribution is -2.32. The minimum Gasteiger partial charge on any atom is -0.493 e. The Hall–Kier alpha value is -2.99. The minimum absolute atomic E-state index is 0.0754. The molecule has 29 heavy (non-hydrogen) atoms. The molecule has 0 aliphatic heterocycles. The van der Waals surface area contributed by atoms with Crippen molar-refractivity contribution in [3.63, 3.8) is 0 Å². The van der Waals surface area contributed by atoms with Gasteiger partial charge in [-0.3, -0.25) is 4.79 Å². The number of ether oxygens (including phenoxy) is 3. The molecular formula is C23H25NO4S. The van der Waals surface area contributed by atoms with Crippen LogP contribution in [0.5, 0.6) is 17.2 Å². The lowest BCUT2D eigenvalue weighted by molar-refractivity contribution is 0.0746. The molecule has 3 aromatic rings. The summed E-state index contributed by atoms with van der Waals surface area (Å²) in [5.41, 5.74) is 1.70. The molecule has 2 aromatic carbocycles. The van der Waals surface area contributed by atoms with Gasteiger partial charge in [-0.05, 0) is 35.6 Å². The molecule has 0 atom stereocenters. The molecule has 0 aliphatic carbocycles. The summed E-state index contributed by atoms with van der Waals surface area (Å²) in [5.74, 6) is 1.33. The Morgan fingerprint density at radius 2 is 1.62 bits per heavy atom. The zero-order chi connectivity index (χ0) is 20.6. The predicted octanol–water partition coefficient (Wildman–Crippen LogP) is 4.66. The largest absolute Gasteiger partial charge is 0.493 e. The quantitative estimate of drug-likeness (QED) is 0.514. The van der Waals surface area contributed by atoms with Gasteiger partial charge < -0.3 is 19.1 Å². The van der Waals surface area contributed by atoms with Gasteiger partial charge in [-0.1, -0.05) is 36.4 Å². The van der Waals surface area contributed by atoms with Crippen LogP contribution in [0.1, 0.15) is 20.8 Å². The summed E-state index contributed by atoms with van der Waals surface area (Å²) in [6.07, 6.45) is 0.780. The van der Waals surface area contributed by atoms with E-state index in [2.05, 4.69) is 12.1 Å². The summed E-state index contributed by atoms with van der Waals surface area (Å²) in [6, 6.07) is 17.6. The fourth-order valence-electron chi connectivity index (χ4n) is 3.14. The van der Waals surface area contributed by atoms with Crippen LogP contribution in [0.25, 0.3) is 0 Å². The first-order valence-corrected chi connectivity index (χ1v) is 10.2. The molecule has 0 saturated heterocycles. The first kappa shape index (κ1) is 20.7. The lowest BCUT2D eigenvalue weighted by atomic mass is 10.1. The Morgan fingerprint density at radius 1 is 0.931 bits per heavy atom. The van der Waals surface area contributed by atoms with Crippen LogP contribution >= 0.6 is 11.3 Å². The van der Waals surface area contributed by atoms with E-state index in [-0.39, 0.29) is 5.91 Å². The van der Waals surface area contributed by atoms with Crippen LogP contribution in [0.3, 0.4) is 0 Å². The fourth-order valence-corrected chi connectivity index (χ4v) is 3.86. The van der Waals surface area contributed by atoms with Crippen LogP contribution in [-0.4, -0.2) is 38.7 Å². The Labute approximate surface area is 175 Å². The number of hydrogen-bond donors (Lipinski definition) is 0. The molecule has 0 spiro atoms. The molecule has 0 unspecified atom stereocenters. The average Bonchev–Trinajstić information content (AvgIpc) is 3.28. The smallest absolute Gasteiger partial charge is 0.254 e. The maximum atomic E-state index is 13.4. The molecule has 1 amide bonds. The summed E-state index contributed by atoms with van der Waals surface area (Å²) in [5, 5.41) is 2.02. The number of carbonyl (C=O) groups excluding carboxylic acids is 1. The number of benzene rings is 2. The number of thiophene rings is 1. The Balaban J connectivity index is 1.88. The van der Waals surface area contributed by atoms with Crippen LogP contribution in [0.15, 0.2) is 60.0 Å². The van der Waals surface area contributed by atoms with Crippen molar-refractivity contribution in [1.82, 2.24) is 4.90 Å². The first-order valence-electron chi connectivity index (χ1n) is 9.31. The van der Waals surface area contributed by atoms with Crippen molar-refractivity contribution in [1.29, 1.82) is 0 Å². The fraction of sp³-hybridized carbons (Fsp3) is 0.261. The third-order valence-corrected chi connectivity index (χ3v) is 5.50. The van der Waals surface area contributed by atoms with E-state index in [1.54, 1.807) is 44.8 Å². The van der Waals surface area contributed by atoms with Crippen LogP contribution in [0, 0.1) is 0 Å². The van der Waals surface area contributed by atoms with Crippen molar-refractivity contribution >= 4 is 17.2 Å². The summed E-state index contributed by atoms with van der Waals surface area (Å²) in [6.45, 7) is 1.16. The molecule has 0 saturated carbocycles. The predicted molar refractivity (Wildman–Crippen MR) is 115 cm³/mol. The molecule has 0 bridgehead atoms. The molecule has 6 heteroatoms. The number of methoxy groups -OCH3 is 3.